The van der Waals surface area contributed by atoms with E-state index in [1.165, 1.54) is 0 Å². The van der Waals surface area contributed by atoms with Crippen LogP contribution in [0.4, 0.5) is 0 Å². The highest BCUT2D eigenvalue weighted by Gasteiger charge is 2.21. The van der Waals surface area contributed by atoms with Crippen LogP contribution in [-0.4, -0.2) is 50.1 Å². The number of benzene rings is 1. The third-order valence-corrected chi connectivity index (χ3v) is 6.57. The van der Waals surface area contributed by atoms with E-state index in [-0.39, 0.29) is 12.2 Å². The summed E-state index contributed by atoms with van der Waals surface area (Å²) in [4.78, 5) is 28.4. The summed E-state index contributed by atoms with van der Waals surface area (Å²) in [6.07, 6.45) is 4.75. The summed E-state index contributed by atoms with van der Waals surface area (Å²) < 4.78 is 9.36. The van der Waals surface area contributed by atoms with Gasteiger partial charge in [-0.2, -0.15) is 0 Å². The molecule has 8 heteroatoms. The van der Waals surface area contributed by atoms with Gasteiger partial charge in [0, 0.05) is 44.1 Å². The molecule has 4 rings (SSSR count). The molecule has 0 unspecified atom stereocenters. The van der Waals surface area contributed by atoms with Gasteiger partial charge in [-0.05, 0) is 62.3 Å². The second-order valence-electron chi connectivity index (χ2n) is 9.01. The predicted octanol–water partition coefficient (Wildman–Crippen LogP) is 2.76. The molecule has 8 nitrogen and oxygen atoms in total. The van der Waals surface area contributed by atoms with E-state index in [2.05, 4.69) is 4.57 Å². The Morgan fingerprint density at radius 1 is 1.27 bits per heavy atom. The zero-order valence-corrected chi connectivity index (χ0v) is 19.2. The number of hydrogen-bond donors (Lipinski definition) is 2. The maximum Gasteiger partial charge on any atom is 0.308 e. The summed E-state index contributed by atoms with van der Waals surface area (Å²) in [6, 6.07) is 7.95. The third-order valence-electron chi connectivity index (χ3n) is 6.57. The first-order valence-corrected chi connectivity index (χ1v) is 11.5. The van der Waals surface area contributed by atoms with Crippen molar-refractivity contribution in [2.45, 2.75) is 39.2 Å². The van der Waals surface area contributed by atoms with Crippen molar-refractivity contribution in [1.29, 1.82) is 0 Å². The Morgan fingerprint density at radius 2 is 2.03 bits per heavy atom. The highest BCUT2D eigenvalue weighted by atomic mass is 16.5. The van der Waals surface area contributed by atoms with Crippen molar-refractivity contribution in [3.63, 3.8) is 0 Å². The first-order valence-electron chi connectivity index (χ1n) is 11.5. The number of nitrogens with zero attached hydrogens (tertiary/aromatic N) is 3. The third kappa shape index (κ3) is 5.02. The lowest BCUT2D eigenvalue weighted by Gasteiger charge is -2.23. The zero-order valence-electron chi connectivity index (χ0n) is 19.2. The maximum absolute atomic E-state index is 12.2. The van der Waals surface area contributed by atoms with Gasteiger partial charge in [0.2, 0.25) is 0 Å². The molecule has 1 aromatic carbocycles. The number of aliphatic hydroxyl groups is 1. The number of ether oxygens (including phenoxy) is 1. The van der Waals surface area contributed by atoms with E-state index in [1.54, 1.807) is 11.6 Å². The Balaban J connectivity index is 1.73. The molecule has 0 saturated carbocycles. The molecule has 0 aliphatic carbocycles. The molecule has 1 aliphatic rings. The predicted molar refractivity (Wildman–Crippen MR) is 125 cm³/mol. The van der Waals surface area contributed by atoms with Crippen LogP contribution in [-0.2, 0) is 29.5 Å². The van der Waals surface area contributed by atoms with Gasteiger partial charge >= 0.3 is 5.97 Å². The maximum atomic E-state index is 12.2. The molecule has 0 radical (unpaired) electrons. The van der Waals surface area contributed by atoms with Gasteiger partial charge in [-0.3, -0.25) is 9.59 Å². The number of aliphatic carboxylic acids is 1. The smallest absolute Gasteiger partial charge is 0.308 e. The fourth-order valence-electron chi connectivity index (χ4n) is 4.56. The summed E-state index contributed by atoms with van der Waals surface area (Å²) in [5, 5.41) is 18.5. The minimum Gasteiger partial charge on any atom is -0.481 e. The van der Waals surface area contributed by atoms with E-state index in [1.807, 2.05) is 37.4 Å². The van der Waals surface area contributed by atoms with Crippen molar-refractivity contribution >= 4 is 17.0 Å². The van der Waals surface area contributed by atoms with Gasteiger partial charge in [-0.25, -0.2) is 4.98 Å². The van der Waals surface area contributed by atoms with Gasteiger partial charge in [0.1, 0.15) is 5.82 Å². The van der Waals surface area contributed by atoms with Crippen LogP contribution in [0.2, 0.25) is 0 Å². The van der Waals surface area contributed by atoms with E-state index < -0.39 is 11.9 Å². The molecule has 1 atom stereocenters. The second kappa shape index (κ2) is 9.89. The first-order chi connectivity index (χ1) is 15.9. The van der Waals surface area contributed by atoms with Crippen molar-refractivity contribution in [1.82, 2.24) is 14.1 Å². The first kappa shape index (κ1) is 23.2. The summed E-state index contributed by atoms with van der Waals surface area (Å²) in [6.45, 7) is 3.81. The molecule has 1 aliphatic heterocycles. The normalized spacial score (nSPS) is 15.7. The summed E-state index contributed by atoms with van der Waals surface area (Å²) >= 11 is 0. The number of hydrogen-bond acceptors (Lipinski definition) is 5. The van der Waals surface area contributed by atoms with Crippen molar-refractivity contribution in [2.24, 2.45) is 18.9 Å². The van der Waals surface area contributed by atoms with Crippen LogP contribution in [0, 0.1) is 18.8 Å². The van der Waals surface area contributed by atoms with Crippen LogP contribution < -0.4 is 5.56 Å². The molecule has 1 fully saturated rings. The van der Waals surface area contributed by atoms with Gasteiger partial charge < -0.3 is 24.1 Å². The number of rotatable bonds is 8. The van der Waals surface area contributed by atoms with Crippen molar-refractivity contribution in [2.75, 3.05) is 19.8 Å². The highest BCUT2D eigenvalue weighted by Crippen LogP contribution is 2.29. The number of aromatic nitrogens is 3. The fourth-order valence-corrected chi connectivity index (χ4v) is 4.56. The summed E-state index contributed by atoms with van der Waals surface area (Å²) in [7, 11) is 1.75. The lowest BCUT2D eigenvalue weighted by atomic mass is 9.99. The number of carbonyl (C=O) groups is 1. The largest absolute Gasteiger partial charge is 0.481 e. The van der Waals surface area contributed by atoms with Gasteiger partial charge in [0.15, 0.2) is 0 Å². The minimum absolute atomic E-state index is 0.0232. The van der Waals surface area contributed by atoms with E-state index in [0.717, 1.165) is 60.6 Å². The monoisotopic (exact) mass is 453 g/mol. The number of pyridine rings is 1. The van der Waals surface area contributed by atoms with Gasteiger partial charge in [0.05, 0.1) is 23.6 Å². The lowest BCUT2D eigenvalue weighted by molar-refractivity contribution is -0.143. The molecule has 0 bridgehead atoms. The number of carboxylic acid groups (broad SMARTS) is 1. The highest BCUT2D eigenvalue weighted by molar-refractivity contribution is 5.81. The number of imidazole rings is 1. The zero-order chi connectivity index (χ0) is 23.5. The topological polar surface area (TPSA) is 107 Å². The van der Waals surface area contributed by atoms with Crippen LogP contribution in [0.15, 0.2) is 35.3 Å². The van der Waals surface area contributed by atoms with Crippen molar-refractivity contribution in [3.8, 4) is 11.4 Å². The van der Waals surface area contributed by atoms with Crippen molar-refractivity contribution < 1.29 is 19.7 Å². The molecule has 33 heavy (non-hydrogen) atoms. The molecule has 2 N–H and O–H groups in total. The summed E-state index contributed by atoms with van der Waals surface area (Å²) in [5.41, 5.74) is 4.39. The minimum atomic E-state index is -0.980. The Kier molecular flexibility index (Phi) is 6.95. The molecule has 3 aromatic rings. The molecule has 0 spiro atoms. The van der Waals surface area contributed by atoms with E-state index >= 15 is 0 Å². The average Bonchev–Trinajstić information content (AvgIpc) is 3.15. The molecular weight excluding hydrogens is 422 g/mol. The second-order valence-corrected chi connectivity index (χ2v) is 9.01. The number of aryl methyl sites for hydroxylation is 3. The fraction of sp³-hybridized carbons (Fsp3) is 0.480. The van der Waals surface area contributed by atoms with Gasteiger partial charge in [0.25, 0.3) is 5.56 Å². The Morgan fingerprint density at radius 3 is 2.70 bits per heavy atom. The number of aliphatic hydroxyl groups excluding tert-OH is 1. The van der Waals surface area contributed by atoms with Crippen molar-refractivity contribution in [3.05, 3.63) is 51.9 Å². The number of fused-ring (bicyclic) bond motifs is 1. The molecule has 3 heterocycles. The molecule has 176 valence electrons. The van der Waals surface area contributed by atoms with E-state index in [0.29, 0.717) is 24.3 Å². The van der Waals surface area contributed by atoms with Gasteiger partial charge in [-0.15, -0.1) is 0 Å². The van der Waals surface area contributed by atoms with Crippen LogP contribution in [0.25, 0.3) is 22.4 Å². The molecule has 1 saturated heterocycles. The molecule has 2 aromatic heterocycles. The van der Waals surface area contributed by atoms with Gasteiger partial charge in [-0.1, -0.05) is 6.07 Å². The standard InChI is InChI=1S/C25H31N3O5/c1-16-11-20(14-27(2)24(16)30)23-26-21-12-17(3-5-19(15-29)25(31)32)4-6-22(21)28(23)13-18-7-9-33-10-8-18/h4,6,11-12,14,18-19,29H,3,5,7-10,13,15H2,1-2H3,(H,31,32)/t19-/m0/s1. The SMILES string of the molecule is Cc1cc(-c2nc3cc(CC[C@@H](CO)C(=O)O)ccc3n2CC2CCOCC2)cn(C)c1=O. The Hall–Kier alpha value is -2.97. The molecule has 0 amide bonds. The quantitative estimate of drug-likeness (QED) is 0.543. The number of carboxylic acids is 1. The van der Waals surface area contributed by atoms with E-state index in [9.17, 15) is 19.8 Å². The van der Waals surface area contributed by atoms with Crippen LogP contribution >= 0.6 is 0 Å². The summed E-state index contributed by atoms with van der Waals surface area (Å²) in [5.74, 6) is -0.433. The average molecular weight is 454 g/mol. The lowest BCUT2D eigenvalue weighted by Crippen LogP contribution is -2.21. The Labute approximate surface area is 192 Å². The van der Waals surface area contributed by atoms with Crippen LogP contribution in [0.5, 0.6) is 0 Å². The van der Waals surface area contributed by atoms with E-state index in [4.69, 9.17) is 9.72 Å². The molecular formula is C25H31N3O5. The van der Waals surface area contributed by atoms with Crippen LogP contribution in [0.1, 0.15) is 30.4 Å². The van der Waals surface area contributed by atoms with Crippen LogP contribution in [0.3, 0.4) is 0 Å². The Bertz CT molecular complexity index is 1180.